The van der Waals surface area contributed by atoms with Gasteiger partial charge in [0, 0.05) is 26.1 Å². The molecule has 0 radical (unpaired) electrons. The van der Waals surface area contributed by atoms with Crippen LogP contribution in [0.2, 0.25) is 0 Å². The first-order valence-electron chi connectivity index (χ1n) is 10.0. The molecule has 1 aromatic heterocycles. The summed E-state index contributed by atoms with van der Waals surface area (Å²) in [6, 6.07) is 13.4. The second-order valence-electron chi connectivity index (χ2n) is 8.19. The zero-order valence-corrected chi connectivity index (χ0v) is 16.6. The Balaban J connectivity index is 1.29. The summed E-state index contributed by atoms with van der Waals surface area (Å²) < 4.78 is 5.20. The normalized spacial score (nSPS) is 21.4. The van der Waals surface area contributed by atoms with E-state index in [9.17, 15) is 14.4 Å². The van der Waals surface area contributed by atoms with Crippen LogP contribution in [0.25, 0.3) is 11.0 Å². The van der Waals surface area contributed by atoms with Crippen molar-refractivity contribution >= 4 is 28.4 Å². The SMILES string of the molecule is CC1(N2CCc3ccc(CNC(=O)c4noc5ccccc45)cc3C2)CC(=O)C1=O. The van der Waals surface area contributed by atoms with Crippen LogP contribution < -0.4 is 5.32 Å². The monoisotopic (exact) mass is 403 g/mol. The smallest absolute Gasteiger partial charge is 0.274 e. The number of hydrogen-bond donors (Lipinski definition) is 1. The molecule has 2 aliphatic rings. The van der Waals surface area contributed by atoms with Crippen LogP contribution in [0.5, 0.6) is 0 Å². The second kappa shape index (κ2) is 6.88. The van der Waals surface area contributed by atoms with Crippen molar-refractivity contribution in [2.75, 3.05) is 6.54 Å². The number of benzene rings is 2. The van der Waals surface area contributed by atoms with Crippen molar-refractivity contribution in [3.05, 3.63) is 64.8 Å². The van der Waals surface area contributed by atoms with E-state index in [4.69, 9.17) is 4.52 Å². The highest BCUT2D eigenvalue weighted by Crippen LogP contribution is 2.35. The van der Waals surface area contributed by atoms with Crippen LogP contribution in [0, 0.1) is 0 Å². The highest BCUT2D eigenvalue weighted by molar-refractivity contribution is 6.47. The zero-order valence-electron chi connectivity index (χ0n) is 16.6. The quantitative estimate of drug-likeness (QED) is 0.673. The second-order valence-corrected chi connectivity index (χ2v) is 8.19. The number of carbonyl (C=O) groups is 3. The molecular formula is C23H21N3O4. The number of rotatable bonds is 4. The lowest BCUT2D eigenvalue weighted by Gasteiger charge is -2.46. The summed E-state index contributed by atoms with van der Waals surface area (Å²) >= 11 is 0. The molecule has 1 aliphatic heterocycles. The van der Waals surface area contributed by atoms with Gasteiger partial charge in [-0.15, -0.1) is 0 Å². The van der Waals surface area contributed by atoms with E-state index in [1.165, 1.54) is 5.56 Å². The minimum absolute atomic E-state index is 0.274. The summed E-state index contributed by atoms with van der Waals surface area (Å²) in [4.78, 5) is 38.2. The van der Waals surface area contributed by atoms with E-state index >= 15 is 0 Å². The molecule has 2 heterocycles. The van der Waals surface area contributed by atoms with Gasteiger partial charge in [0.05, 0.1) is 10.9 Å². The van der Waals surface area contributed by atoms with Crippen LogP contribution in [0.15, 0.2) is 47.0 Å². The Morgan fingerprint density at radius 3 is 2.83 bits per heavy atom. The van der Waals surface area contributed by atoms with Gasteiger partial charge in [-0.3, -0.25) is 19.3 Å². The lowest BCUT2D eigenvalue weighted by molar-refractivity contribution is -0.156. The predicted octanol–water partition coefficient (Wildman–Crippen LogP) is 2.42. The molecular weight excluding hydrogens is 382 g/mol. The van der Waals surface area contributed by atoms with Crippen LogP contribution in [-0.2, 0) is 29.1 Å². The number of aromatic nitrogens is 1. The van der Waals surface area contributed by atoms with Crippen molar-refractivity contribution in [3.8, 4) is 0 Å². The molecule has 1 N–H and O–H groups in total. The molecule has 1 aliphatic carbocycles. The summed E-state index contributed by atoms with van der Waals surface area (Å²) in [5.74, 6) is -0.847. The van der Waals surface area contributed by atoms with Crippen molar-refractivity contribution in [2.24, 2.45) is 0 Å². The van der Waals surface area contributed by atoms with Crippen LogP contribution in [0.3, 0.4) is 0 Å². The highest BCUT2D eigenvalue weighted by Gasteiger charge is 2.53. The largest absolute Gasteiger partial charge is 0.355 e. The summed E-state index contributed by atoms with van der Waals surface area (Å²) in [7, 11) is 0. The molecule has 1 unspecified atom stereocenters. The van der Waals surface area contributed by atoms with Crippen molar-refractivity contribution in [1.82, 2.24) is 15.4 Å². The molecule has 1 saturated carbocycles. The number of Topliss-reactive ketones (excluding diaryl/α,β-unsaturated/α-hetero) is 2. The van der Waals surface area contributed by atoms with Gasteiger partial charge < -0.3 is 9.84 Å². The van der Waals surface area contributed by atoms with Crippen molar-refractivity contribution in [3.63, 3.8) is 0 Å². The van der Waals surface area contributed by atoms with Gasteiger partial charge in [-0.2, -0.15) is 0 Å². The summed E-state index contributed by atoms with van der Waals surface area (Å²) in [6.07, 6.45) is 1.13. The average Bonchev–Trinajstić information content (AvgIpc) is 3.21. The first-order chi connectivity index (χ1) is 14.5. The van der Waals surface area contributed by atoms with E-state index in [2.05, 4.69) is 27.5 Å². The molecule has 1 fully saturated rings. The number of amides is 1. The Bertz CT molecular complexity index is 1200. The van der Waals surface area contributed by atoms with E-state index < -0.39 is 5.54 Å². The molecule has 7 nitrogen and oxygen atoms in total. The third kappa shape index (κ3) is 2.93. The van der Waals surface area contributed by atoms with Crippen LogP contribution in [0.4, 0.5) is 0 Å². The zero-order chi connectivity index (χ0) is 20.9. The van der Waals surface area contributed by atoms with Gasteiger partial charge in [0.15, 0.2) is 11.3 Å². The number of ketones is 2. The van der Waals surface area contributed by atoms with Gasteiger partial charge in [0.25, 0.3) is 5.91 Å². The Labute approximate surface area is 173 Å². The Hall–Kier alpha value is -3.32. The summed E-state index contributed by atoms with van der Waals surface area (Å²) in [5, 5.41) is 7.48. The van der Waals surface area contributed by atoms with E-state index in [-0.39, 0.29) is 23.2 Å². The fourth-order valence-corrected chi connectivity index (χ4v) is 4.38. The van der Waals surface area contributed by atoms with Crippen LogP contribution in [0.1, 0.15) is 40.5 Å². The Morgan fingerprint density at radius 2 is 2.03 bits per heavy atom. The van der Waals surface area contributed by atoms with Gasteiger partial charge >= 0.3 is 0 Å². The number of fused-ring (bicyclic) bond motifs is 2. The fourth-order valence-electron chi connectivity index (χ4n) is 4.38. The number of hydrogen-bond acceptors (Lipinski definition) is 6. The molecule has 0 spiro atoms. The standard InChI is InChI=1S/C23H21N3O4/c1-23(11-18(27)21(23)28)26-9-8-15-7-6-14(10-16(15)13-26)12-24-22(29)20-17-4-2-3-5-19(17)30-25-20/h2-7,10H,8-9,11-13H2,1H3,(H,24,29). The molecule has 0 saturated heterocycles. The minimum Gasteiger partial charge on any atom is -0.355 e. The average molecular weight is 403 g/mol. The van der Waals surface area contributed by atoms with Gasteiger partial charge in [-0.25, -0.2) is 0 Å². The van der Waals surface area contributed by atoms with Crippen molar-refractivity contribution in [1.29, 1.82) is 0 Å². The predicted molar refractivity (Wildman–Crippen MR) is 109 cm³/mol. The lowest BCUT2D eigenvalue weighted by atomic mass is 9.73. The van der Waals surface area contributed by atoms with E-state index in [1.807, 2.05) is 25.1 Å². The number of para-hydroxylation sites is 1. The maximum atomic E-state index is 12.6. The topological polar surface area (TPSA) is 92.5 Å². The van der Waals surface area contributed by atoms with E-state index in [0.29, 0.717) is 30.5 Å². The highest BCUT2D eigenvalue weighted by atomic mass is 16.5. The summed E-state index contributed by atoms with van der Waals surface area (Å²) in [5.41, 5.74) is 3.52. The fraction of sp³-hybridized carbons (Fsp3) is 0.304. The Morgan fingerprint density at radius 1 is 1.20 bits per heavy atom. The first-order valence-corrected chi connectivity index (χ1v) is 10.0. The molecule has 1 atom stereocenters. The third-order valence-electron chi connectivity index (χ3n) is 6.27. The maximum Gasteiger partial charge on any atom is 0.274 e. The van der Waals surface area contributed by atoms with E-state index in [0.717, 1.165) is 24.1 Å². The third-order valence-corrected chi connectivity index (χ3v) is 6.27. The summed E-state index contributed by atoms with van der Waals surface area (Å²) in [6.45, 7) is 3.61. The van der Waals surface area contributed by atoms with Crippen LogP contribution >= 0.6 is 0 Å². The molecule has 30 heavy (non-hydrogen) atoms. The van der Waals surface area contributed by atoms with E-state index in [1.54, 1.807) is 12.1 Å². The molecule has 3 aromatic rings. The van der Waals surface area contributed by atoms with Crippen molar-refractivity contribution < 1.29 is 18.9 Å². The molecule has 5 rings (SSSR count). The van der Waals surface area contributed by atoms with Gasteiger partial charge in [0.2, 0.25) is 11.6 Å². The van der Waals surface area contributed by atoms with Gasteiger partial charge in [-0.1, -0.05) is 35.5 Å². The molecule has 1 amide bonds. The molecule has 152 valence electrons. The van der Waals surface area contributed by atoms with Crippen molar-refractivity contribution in [2.45, 2.75) is 38.4 Å². The number of nitrogens with zero attached hydrogens (tertiary/aromatic N) is 2. The molecule has 0 bridgehead atoms. The van der Waals surface area contributed by atoms with Gasteiger partial charge in [-0.05, 0) is 42.2 Å². The van der Waals surface area contributed by atoms with Gasteiger partial charge in [0.1, 0.15) is 0 Å². The van der Waals surface area contributed by atoms with Crippen LogP contribution in [-0.4, -0.2) is 39.6 Å². The molecule has 2 aromatic carbocycles. The minimum atomic E-state index is -0.674. The first kappa shape index (κ1) is 18.7. The lowest BCUT2D eigenvalue weighted by Crippen LogP contribution is -2.64. The number of nitrogens with one attached hydrogen (secondary N) is 1. The number of carbonyl (C=O) groups excluding carboxylic acids is 3. The molecule has 7 heteroatoms. The maximum absolute atomic E-state index is 12.6. The Kier molecular flexibility index (Phi) is 4.29.